The third-order valence-electron chi connectivity index (χ3n) is 3.57. The van der Waals surface area contributed by atoms with Crippen LogP contribution in [0.5, 0.6) is 0 Å². The highest BCUT2D eigenvalue weighted by atomic mass is 16.4. The van der Waals surface area contributed by atoms with Gasteiger partial charge in [0, 0.05) is 19.0 Å². The van der Waals surface area contributed by atoms with Gasteiger partial charge >= 0.3 is 5.76 Å². The highest BCUT2D eigenvalue weighted by Gasteiger charge is 2.42. The van der Waals surface area contributed by atoms with Crippen molar-refractivity contribution < 1.29 is 9.21 Å². The van der Waals surface area contributed by atoms with Crippen molar-refractivity contribution in [3.05, 3.63) is 16.4 Å². The molecule has 0 radical (unpaired) electrons. The van der Waals surface area contributed by atoms with Crippen molar-refractivity contribution in [1.82, 2.24) is 14.7 Å². The van der Waals surface area contributed by atoms with Crippen LogP contribution < -0.4 is 5.76 Å². The zero-order valence-corrected chi connectivity index (χ0v) is 10.5. The summed E-state index contributed by atoms with van der Waals surface area (Å²) in [5, 5.41) is 4.14. The number of carbonyl (C=O) groups is 1. The zero-order chi connectivity index (χ0) is 12.7. The lowest BCUT2D eigenvalue weighted by molar-refractivity contribution is -0.131. The average Bonchev–Trinajstić information content (AvgIpc) is 3.02. The maximum absolute atomic E-state index is 12.2. The van der Waals surface area contributed by atoms with Gasteiger partial charge in [-0.05, 0) is 25.7 Å². The third kappa shape index (κ3) is 1.85. The van der Waals surface area contributed by atoms with Crippen molar-refractivity contribution in [3.8, 4) is 0 Å². The van der Waals surface area contributed by atoms with E-state index >= 15 is 0 Å². The molecule has 2 fully saturated rings. The lowest BCUT2D eigenvalue weighted by atomic mass is 10.2. The first-order valence-corrected chi connectivity index (χ1v) is 6.59. The van der Waals surface area contributed by atoms with Gasteiger partial charge in [0.05, 0.1) is 0 Å². The van der Waals surface area contributed by atoms with Gasteiger partial charge in [-0.2, -0.15) is 4.68 Å². The fourth-order valence-corrected chi connectivity index (χ4v) is 2.50. The van der Waals surface area contributed by atoms with Crippen molar-refractivity contribution in [2.45, 2.75) is 51.1 Å². The Morgan fingerprint density at radius 3 is 2.78 bits per heavy atom. The summed E-state index contributed by atoms with van der Waals surface area (Å²) in [5.41, 5.74) is 0. The number of hydrogen-bond donors (Lipinski definition) is 0. The van der Waals surface area contributed by atoms with Gasteiger partial charge in [-0.15, -0.1) is 5.10 Å². The summed E-state index contributed by atoms with van der Waals surface area (Å²) in [6.45, 7) is 2.73. The molecule has 6 heteroatoms. The molecule has 1 aliphatic carbocycles. The molecule has 98 valence electrons. The molecule has 1 saturated carbocycles. The van der Waals surface area contributed by atoms with Gasteiger partial charge in [0.2, 0.25) is 11.8 Å². The summed E-state index contributed by atoms with van der Waals surface area (Å²) >= 11 is 0. The second kappa shape index (κ2) is 4.26. The molecule has 1 amide bonds. The number of aryl methyl sites for hydroxylation is 1. The quantitative estimate of drug-likeness (QED) is 0.791. The number of aromatic nitrogens is 2. The number of nitrogens with zero attached hydrogens (tertiary/aromatic N) is 3. The first-order chi connectivity index (χ1) is 8.70. The minimum absolute atomic E-state index is 0.0240. The first kappa shape index (κ1) is 11.5. The Hall–Kier alpha value is -1.59. The SMILES string of the molecule is CCCc1nn([C@H]2CCN(C3CC3)C2=O)c(=O)o1. The number of rotatable bonds is 4. The molecule has 1 aliphatic heterocycles. The molecule has 3 rings (SSSR count). The monoisotopic (exact) mass is 251 g/mol. The van der Waals surface area contributed by atoms with Gasteiger partial charge in [-0.25, -0.2) is 4.79 Å². The largest absolute Gasteiger partial charge is 0.437 e. The lowest BCUT2D eigenvalue weighted by Crippen LogP contribution is -2.33. The maximum Gasteiger partial charge on any atom is 0.437 e. The topological polar surface area (TPSA) is 68.3 Å². The number of amides is 1. The summed E-state index contributed by atoms with van der Waals surface area (Å²) in [6, 6.07) is -0.0485. The fraction of sp³-hybridized carbons (Fsp3) is 0.750. The van der Waals surface area contributed by atoms with Crippen LogP contribution in [0.3, 0.4) is 0 Å². The molecule has 0 N–H and O–H groups in total. The van der Waals surface area contributed by atoms with E-state index in [4.69, 9.17) is 4.42 Å². The molecule has 1 aromatic heterocycles. The highest BCUT2D eigenvalue weighted by molar-refractivity contribution is 5.83. The lowest BCUT2D eigenvalue weighted by Gasteiger charge is -2.14. The van der Waals surface area contributed by atoms with E-state index in [9.17, 15) is 9.59 Å². The van der Waals surface area contributed by atoms with E-state index in [1.165, 1.54) is 4.68 Å². The number of hydrogen-bond acceptors (Lipinski definition) is 4. The van der Waals surface area contributed by atoms with Crippen LogP contribution >= 0.6 is 0 Å². The third-order valence-corrected chi connectivity index (χ3v) is 3.57. The van der Waals surface area contributed by atoms with Crippen molar-refractivity contribution >= 4 is 5.91 Å². The van der Waals surface area contributed by atoms with Gasteiger partial charge in [0.25, 0.3) is 0 Å². The second-order valence-electron chi connectivity index (χ2n) is 5.02. The molecule has 0 spiro atoms. The smallest absolute Gasteiger partial charge is 0.392 e. The zero-order valence-electron chi connectivity index (χ0n) is 10.5. The minimum Gasteiger partial charge on any atom is -0.392 e. The van der Waals surface area contributed by atoms with E-state index in [2.05, 4.69) is 5.10 Å². The molecule has 18 heavy (non-hydrogen) atoms. The average molecular weight is 251 g/mol. The van der Waals surface area contributed by atoms with E-state index in [0.29, 0.717) is 24.8 Å². The summed E-state index contributed by atoms with van der Waals surface area (Å²) in [6.07, 6.45) is 4.34. The van der Waals surface area contributed by atoms with E-state index in [-0.39, 0.29) is 5.91 Å². The van der Waals surface area contributed by atoms with Gasteiger partial charge in [-0.3, -0.25) is 4.79 Å². The van der Waals surface area contributed by atoms with Crippen molar-refractivity contribution in [2.75, 3.05) is 6.54 Å². The normalized spacial score (nSPS) is 23.9. The first-order valence-electron chi connectivity index (χ1n) is 6.59. The van der Waals surface area contributed by atoms with Crippen LogP contribution in [0.15, 0.2) is 9.21 Å². The fourth-order valence-electron chi connectivity index (χ4n) is 2.50. The Balaban J connectivity index is 1.82. The Kier molecular flexibility index (Phi) is 2.72. The van der Waals surface area contributed by atoms with E-state index in [1.807, 2.05) is 11.8 Å². The Labute approximate surface area is 105 Å². The molecule has 2 heterocycles. The minimum atomic E-state index is -0.505. The summed E-state index contributed by atoms with van der Waals surface area (Å²) in [5.74, 6) is -0.0504. The van der Waals surface area contributed by atoms with Crippen molar-refractivity contribution in [1.29, 1.82) is 0 Å². The molecular weight excluding hydrogens is 234 g/mol. The molecule has 1 saturated heterocycles. The molecular formula is C12H17N3O3. The second-order valence-corrected chi connectivity index (χ2v) is 5.02. The summed E-state index contributed by atoms with van der Waals surface area (Å²) < 4.78 is 6.28. The highest BCUT2D eigenvalue weighted by Crippen LogP contribution is 2.33. The van der Waals surface area contributed by atoms with Crippen LogP contribution in [-0.2, 0) is 11.2 Å². The van der Waals surface area contributed by atoms with Gasteiger partial charge in [0.15, 0.2) is 0 Å². The predicted molar refractivity (Wildman–Crippen MR) is 63.1 cm³/mol. The van der Waals surface area contributed by atoms with Crippen LogP contribution in [0, 0.1) is 0 Å². The van der Waals surface area contributed by atoms with Crippen LogP contribution in [-0.4, -0.2) is 33.2 Å². The summed E-state index contributed by atoms with van der Waals surface area (Å²) in [4.78, 5) is 25.8. The Bertz CT molecular complexity index is 515. The Morgan fingerprint density at radius 2 is 2.11 bits per heavy atom. The van der Waals surface area contributed by atoms with Gasteiger partial charge < -0.3 is 9.32 Å². The number of likely N-dealkylation sites (tertiary alicyclic amines) is 1. The van der Waals surface area contributed by atoms with Crippen LogP contribution in [0.4, 0.5) is 0 Å². The van der Waals surface area contributed by atoms with Crippen LogP contribution in [0.25, 0.3) is 0 Å². The molecule has 0 unspecified atom stereocenters. The molecule has 0 aromatic carbocycles. The van der Waals surface area contributed by atoms with E-state index < -0.39 is 11.8 Å². The Morgan fingerprint density at radius 1 is 1.33 bits per heavy atom. The predicted octanol–water partition coefficient (Wildman–Crippen LogP) is 0.725. The van der Waals surface area contributed by atoms with Crippen LogP contribution in [0.2, 0.25) is 0 Å². The molecule has 6 nitrogen and oxygen atoms in total. The molecule has 1 aromatic rings. The van der Waals surface area contributed by atoms with E-state index in [0.717, 1.165) is 25.8 Å². The van der Waals surface area contributed by atoms with Crippen molar-refractivity contribution in [3.63, 3.8) is 0 Å². The molecule has 0 bridgehead atoms. The van der Waals surface area contributed by atoms with Crippen LogP contribution in [0.1, 0.15) is 44.5 Å². The van der Waals surface area contributed by atoms with Gasteiger partial charge in [0.1, 0.15) is 6.04 Å². The number of carbonyl (C=O) groups excluding carboxylic acids is 1. The standard InChI is InChI=1S/C12H17N3O3/c1-2-3-10-13-15(12(17)18-10)9-6-7-14(11(9)16)8-4-5-8/h8-9H,2-7H2,1H3/t9-/m0/s1. The van der Waals surface area contributed by atoms with E-state index in [1.54, 1.807) is 0 Å². The molecule has 1 atom stereocenters. The molecule has 2 aliphatic rings. The maximum atomic E-state index is 12.2. The van der Waals surface area contributed by atoms with Crippen molar-refractivity contribution in [2.24, 2.45) is 0 Å². The summed E-state index contributed by atoms with van der Waals surface area (Å²) in [7, 11) is 0. The van der Waals surface area contributed by atoms with Gasteiger partial charge in [-0.1, -0.05) is 6.92 Å².